The van der Waals surface area contributed by atoms with Gasteiger partial charge in [-0.2, -0.15) is 0 Å². The monoisotopic (exact) mass is 355 g/mol. The van der Waals surface area contributed by atoms with Crippen molar-refractivity contribution in [3.63, 3.8) is 0 Å². The van der Waals surface area contributed by atoms with E-state index in [4.69, 9.17) is 34.8 Å². The lowest BCUT2D eigenvalue weighted by molar-refractivity contribution is -0.0123. The Balaban J connectivity index is 2.40. The Hall–Kier alpha value is -1.59. The van der Waals surface area contributed by atoms with Crippen LogP contribution in [0.25, 0.3) is 5.70 Å². The van der Waals surface area contributed by atoms with E-state index in [0.717, 1.165) is 10.6 Å². The van der Waals surface area contributed by atoms with E-state index >= 15 is 0 Å². The van der Waals surface area contributed by atoms with Gasteiger partial charge in [0.2, 0.25) is 0 Å². The molecule has 0 unspecified atom stereocenters. The van der Waals surface area contributed by atoms with Crippen molar-refractivity contribution in [3.8, 4) is 0 Å². The van der Waals surface area contributed by atoms with Crippen molar-refractivity contribution in [2.45, 2.75) is 0 Å². The predicted molar refractivity (Wildman–Crippen MR) is 90.0 cm³/mol. The van der Waals surface area contributed by atoms with Crippen LogP contribution in [0.5, 0.6) is 0 Å². The molecule has 1 N–H and O–H groups in total. The van der Waals surface area contributed by atoms with E-state index in [1.165, 1.54) is 25.4 Å². The molecule has 0 radical (unpaired) electrons. The third kappa shape index (κ3) is 4.45. The summed E-state index contributed by atoms with van der Waals surface area (Å²) >= 11 is 18.0. The summed E-state index contributed by atoms with van der Waals surface area (Å²) in [6, 6.07) is 12.4. The Morgan fingerprint density at radius 2 is 1.68 bits per heavy atom. The van der Waals surface area contributed by atoms with Crippen LogP contribution < -0.4 is 0 Å². The molecule has 0 aliphatic heterocycles. The minimum atomic E-state index is 0.297. The molecule has 2 aromatic carbocycles. The number of rotatable bonds is 4. The summed E-state index contributed by atoms with van der Waals surface area (Å²) in [7, 11) is 1.47. The van der Waals surface area contributed by atoms with E-state index in [1.54, 1.807) is 0 Å². The second-order valence-electron chi connectivity index (χ2n) is 4.37. The van der Waals surface area contributed by atoms with Gasteiger partial charge in [0.1, 0.15) is 11.4 Å². The van der Waals surface area contributed by atoms with Crippen molar-refractivity contribution in [1.29, 1.82) is 0 Å². The lowest BCUT2D eigenvalue weighted by atomic mass is 10.2. The summed E-state index contributed by atoms with van der Waals surface area (Å²) in [5.41, 5.74) is 1.55. The Morgan fingerprint density at radius 1 is 1.09 bits per heavy atom. The van der Waals surface area contributed by atoms with Gasteiger partial charge in [-0.05, 0) is 12.1 Å². The number of azo groups is 1. The van der Waals surface area contributed by atoms with Crippen molar-refractivity contribution < 1.29 is 5.21 Å². The summed E-state index contributed by atoms with van der Waals surface area (Å²) in [5.74, 6) is 0. The third-order valence-corrected chi connectivity index (χ3v) is 3.41. The maximum Gasteiger partial charge on any atom is 0.123 e. The van der Waals surface area contributed by atoms with Crippen molar-refractivity contribution in [3.05, 3.63) is 69.3 Å². The molecule has 0 saturated heterocycles. The minimum Gasteiger partial charge on any atom is -0.289 e. The van der Waals surface area contributed by atoms with Crippen LogP contribution in [0.4, 0.5) is 5.69 Å². The Bertz CT molecular complexity index is 692. The molecule has 0 bridgehead atoms. The van der Waals surface area contributed by atoms with Crippen LogP contribution in [0.2, 0.25) is 15.1 Å². The number of benzene rings is 2. The van der Waals surface area contributed by atoms with Crippen LogP contribution in [0, 0.1) is 0 Å². The van der Waals surface area contributed by atoms with Crippen LogP contribution in [-0.2, 0) is 0 Å². The van der Waals surface area contributed by atoms with Crippen molar-refractivity contribution in [1.82, 2.24) is 5.06 Å². The maximum atomic E-state index is 9.41. The highest BCUT2D eigenvalue weighted by Crippen LogP contribution is 2.36. The number of nitrogens with zero attached hydrogens (tertiary/aromatic N) is 3. The molecule has 114 valence electrons. The van der Waals surface area contributed by atoms with Gasteiger partial charge in [-0.25, -0.2) is 0 Å². The van der Waals surface area contributed by atoms with Gasteiger partial charge in [-0.15, -0.1) is 10.2 Å². The van der Waals surface area contributed by atoms with Gasteiger partial charge in [-0.3, -0.25) is 10.3 Å². The maximum absolute atomic E-state index is 9.41. The molecule has 0 amide bonds. The van der Waals surface area contributed by atoms with Crippen LogP contribution in [-0.4, -0.2) is 17.3 Å². The molecule has 4 nitrogen and oxygen atoms in total. The van der Waals surface area contributed by atoms with E-state index in [9.17, 15) is 5.21 Å². The zero-order chi connectivity index (χ0) is 16.1. The number of hydrogen-bond donors (Lipinski definition) is 1. The SMILES string of the molecule is CN(O)/C=C(/N=Nc1c(Cl)cc(Cl)cc1Cl)c1ccccc1. The summed E-state index contributed by atoms with van der Waals surface area (Å²) in [4.78, 5) is 0. The van der Waals surface area contributed by atoms with Crippen LogP contribution in [0.3, 0.4) is 0 Å². The second kappa shape index (κ2) is 7.61. The first kappa shape index (κ1) is 16.8. The van der Waals surface area contributed by atoms with Gasteiger partial charge < -0.3 is 0 Å². The van der Waals surface area contributed by atoms with Crippen LogP contribution >= 0.6 is 34.8 Å². The van der Waals surface area contributed by atoms with Gasteiger partial charge in [0.25, 0.3) is 0 Å². The zero-order valence-electron chi connectivity index (χ0n) is 11.5. The summed E-state index contributed by atoms with van der Waals surface area (Å²) in [6.45, 7) is 0. The van der Waals surface area contributed by atoms with Gasteiger partial charge in [-0.1, -0.05) is 65.1 Å². The Morgan fingerprint density at radius 3 is 2.23 bits per heavy atom. The summed E-state index contributed by atoms with van der Waals surface area (Å²) in [5, 5.41) is 19.5. The fourth-order valence-corrected chi connectivity index (χ4v) is 2.57. The molecular weight excluding hydrogens is 345 g/mol. The molecule has 0 aliphatic rings. The minimum absolute atomic E-state index is 0.297. The van der Waals surface area contributed by atoms with Crippen molar-refractivity contribution in [2.24, 2.45) is 10.2 Å². The van der Waals surface area contributed by atoms with E-state index in [2.05, 4.69) is 10.2 Å². The fraction of sp³-hybridized carbons (Fsp3) is 0.0667. The summed E-state index contributed by atoms with van der Waals surface area (Å²) < 4.78 is 0. The van der Waals surface area contributed by atoms with E-state index in [-0.39, 0.29) is 0 Å². The predicted octanol–water partition coefficient (Wildman–Crippen LogP) is 6.05. The van der Waals surface area contributed by atoms with Crippen molar-refractivity contribution >= 4 is 46.2 Å². The van der Waals surface area contributed by atoms with Gasteiger partial charge in [0.15, 0.2) is 0 Å². The second-order valence-corrected chi connectivity index (χ2v) is 5.62. The Labute approximate surface area is 143 Å². The molecular formula is C15H12Cl3N3O. The molecule has 0 aromatic heterocycles. The fourth-order valence-electron chi connectivity index (χ4n) is 1.68. The molecule has 22 heavy (non-hydrogen) atoms. The molecule has 0 atom stereocenters. The average Bonchev–Trinajstić information content (AvgIpc) is 2.45. The van der Waals surface area contributed by atoms with E-state index in [0.29, 0.717) is 26.5 Å². The first-order valence-electron chi connectivity index (χ1n) is 6.22. The zero-order valence-corrected chi connectivity index (χ0v) is 13.8. The highest BCUT2D eigenvalue weighted by Gasteiger charge is 2.08. The molecule has 2 rings (SSSR count). The molecule has 0 saturated carbocycles. The number of hydrogen-bond acceptors (Lipinski definition) is 4. The smallest absolute Gasteiger partial charge is 0.123 e. The number of hydroxylamine groups is 2. The molecule has 0 spiro atoms. The molecule has 0 fully saturated rings. The van der Waals surface area contributed by atoms with Gasteiger partial charge >= 0.3 is 0 Å². The Kier molecular flexibility index (Phi) is 5.80. The standard InChI is InChI=1S/C15H12Cl3N3O/c1-21(22)9-14(10-5-3-2-4-6-10)19-20-15-12(17)7-11(16)8-13(15)18/h2-9,22H,1H3/b14-9+,20-19?. The summed E-state index contributed by atoms with van der Waals surface area (Å²) in [6.07, 6.45) is 1.43. The largest absolute Gasteiger partial charge is 0.289 e. The highest BCUT2D eigenvalue weighted by atomic mass is 35.5. The molecule has 2 aromatic rings. The topological polar surface area (TPSA) is 48.2 Å². The quantitative estimate of drug-likeness (QED) is 0.535. The van der Waals surface area contributed by atoms with Crippen LogP contribution in [0.1, 0.15) is 5.56 Å². The van der Waals surface area contributed by atoms with Crippen LogP contribution in [0.15, 0.2) is 58.9 Å². The normalized spacial score (nSPS) is 12.0. The first-order chi connectivity index (χ1) is 10.5. The lowest BCUT2D eigenvalue weighted by Gasteiger charge is -2.07. The number of halogens is 3. The molecule has 7 heteroatoms. The van der Waals surface area contributed by atoms with E-state index < -0.39 is 0 Å². The third-order valence-electron chi connectivity index (χ3n) is 2.62. The highest BCUT2D eigenvalue weighted by molar-refractivity contribution is 6.41. The molecule has 0 aliphatic carbocycles. The van der Waals surface area contributed by atoms with E-state index in [1.807, 2.05) is 30.3 Å². The lowest BCUT2D eigenvalue weighted by Crippen LogP contribution is -2.03. The average molecular weight is 357 g/mol. The van der Waals surface area contributed by atoms with Crippen molar-refractivity contribution in [2.75, 3.05) is 7.05 Å². The van der Waals surface area contributed by atoms with Gasteiger partial charge in [0.05, 0.1) is 16.2 Å². The first-order valence-corrected chi connectivity index (χ1v) is 7.36. The van der Waals surface area contributed by atoms with Gasteiger partial charge in [0, 0.05) is 17.6 Å². The molecule has 0 heterocycles.